The highest BCUT2D eigenvalue weighted by Crippen LogP contribution is 2.36. The van der Waals surface area contributed by atoms with Gasteiger partial charge in [-0.2, -0.15) is 0 Å². The molecule has 3 rings (SSSR count). The van der Waals surface area contributed by atoms with Crippen molar-refractivity contribution in [1.82, 2.24) is 5.32 Å². The zero-order chi connectivity index (χ0) is 19.6. The van der Waals surface area contributed by atoms with Gasteiger partial charge in [-0.25, -0.2) is 0 Å². The number of hydrogen-bond donors (Lipinski definition) is 4. The summed E-state index contributed by atoms with van der Waals surface area (Å²) >= 11 is 13.5. The fourth-order valence-electron chi connectivity index (χ4n) is 3.25. The normalized spacial score (nSPS) is 16.9. The number of nitrogens with two attached hydrogens (primary N) is 1. The summed E-state index contributed by atoms with van der Waals surface area (Å²) in [6.07, 6.45) is 2.76. The number of primary amides is 1. The van der Waals surface area contributed by atoms with Crippen molar-refractivity contribution in [2.75, 3.05) is 13.1 Å². The van der Waals surface area contributed by atoms with Gasteiger partial charge in [0.2, 0.25) is 0 Å². The Balaban J connectivity index is 1.97. The molecule has 0 saturated carbocycles. The molecule has 1 saturated heterocycles. The molecule has 1 unspecified atom stereocenters. The molecule has 1 amide bonds. The van der Waals surface area contributed by atoms with E-state index in [0.29, 0.717) is 38.5 Å². The topological polar surface area (TPSA) is 103 Å². The first-order valence-electron chi connectivity index (χ1n) is 8.62. The molecule has 2 aromatic rings. The van der Waals surface area contributed by atoms with E-state index in [2.05, 4.69) is 5.32 Å². The van der Waals surface area contributed by atoms with E-state index < -0.39 is 5.91 Å². The predicted molar refractivity (Wildman–Crippen MR) is 113 cm³/mol. The molecule has 27 heavy (non-hydrogen) atoms. The van der Waals surface area contributed by atoms with Crippen LogP contribution in [-0.2, 0) is 4.79 Å². The second-order valence-electron chi connectivity index (χ2n) is 6.65. The van der Waals surface area contributed by atoms with Gasteiger partial charge >= 0.3 is 0 Å². The van der Waals surface area contributed by atoms with Crippen LogP contribution in [0.2, 0.25) is 10.0 Å². The van der Waals surface area contributed by atoms with Crippen LogP contribution in [0.5, 0.6) is 0 Å². The maximum Gasteiger partial charge on any atom is 0.268 e. The third-order valence-electron chi connectivity index (χ3n) is 4.57. The van der Waals surface area contributed by atoms with E-state index in [1.807, 2.05) is 6.07 Å². The standard InChI is InChI=1S/C19H20Cl2N4OS/c20-12-5-11(6-13(21)7-12)16-8-14(18(27-16)17(23)19(24)26)15(22)4-10-2-1-3-25-9-10/h5-8,10,22-23,25H,1-4,9H2,(H2,24,26). The Labute approximate surface area is 171 Å². The van der Waals surface area contributed by atoms with Crippen LogP contribution >= 0.6 is 34.5 Å². The first-order valence-corrected chi connectivity index (χ1v) is 10.2. The average molecular weight is 423 g/mol. The van der Waals surface area contributed by atoms with Crippen LogP contribution in [0.15, 0.2) is 24.3 Å². The minimum atomic E-state index is -0.805. The smallest absolute Gasteiger partial charge is 0.268 e. The monoisotopic (exact) mass is 422 g/mol. The summed E-state index contributed by atoms with van der Waals surface area (Å²) in [6.45, 7) is 1.89. The third kappa shape index (κ3) is 4.76. The number of carbonyl (C=O) groups is 1. The lowest BCUT2D eigenvalue weighted by Crippen LogP contribution is -2.31. The van der Waals surface area contributed by atoms with Crippen LogP contribution in [0.4, 0.5) is 0 Å². The summed E-state index contributed by atoms with van der Waals surface area (Å²) in [5.41, 5.74) is 6.85. The van der Waals surface area contributed by atoms with Gasteiger partial charge in [-0.1, -0.05) is 23.2 Å². The van der Waals surface area contributed by atoms with Gasteiger partial charge in [-0.15, -0.1) is 11.3 Å². The first kappa shape index (κ1) is 20.0. The SMILES string of the molecule is N=C(CC1CCCNC1)c1cc(-c2cc(Cl)cc(Cl)c2)sc1C(=N)C(N)=O. The molecule has 1 fully saturated rings. The first-order chi connectivity index (χ1) is 12.8. The summed E-state index contributed by atoms with van der Waals surface area (Å²) in [6, 6.07) is 7.02. The van der Waals surface area contributed by atoms with Gasteiger partial charge in [0.1, 0.15) is 5.71 Å². The maximum atomic E-state index is 11.6. The second-order valence-corrected chi connectivity index (χ2v) is 8.57. The van der Waals surface area contributed by atoms with E-state index in [0.717, 1.165) is 36.4 Å². The van der Waals surface area contributed by atoms with E-state index in [1.165, 1.54) is 11.3 Å². The minimum absolute atomic E-state index is 0.277. The molecule has 1 aliphatic rings. The van der Waals surface area contributed by atoms with Crippen molar-refractivity contribution in [3.63, 3.8) is 0 Å². The number of benzene rings is 1. The number of thiophene rings is 1. The van der Waals surface area contributed by atoms with Crippen LogP contribution < -0.4 is 11.1 Å². The van der Waals surface area contributed by atoms with Crippen molar-refractivity contribution in [2.24, 2.45) is 11.7 Å². The fraction of sp³-hybridized carbons (Fsp3) is 0.316. The number of hydrogen-bond acceptors (Lipinski definition) is 5. The van der Waals surface area contributed by atoms with Crippen LogP contribution in [-0.4, -0.2) is 30.4 Å². The molecule has 1 aromatic carbocycles. The van der Waals surface area contributed by atoms with Gasteiger partial charge in [0.15, 0.2) is 0 Å². The van der Waals surface area contributed by atoms with Gasteiger partial charge < -0.3 is 16.5 Å². The van der Waals surface area contributed by atoms with Gasteiger partial charge in [0.05, 0.1) is 4.88 Å². The van der Waals surface area contributed by atoms with Crippen molar-refractivity contribution < 1.29 is 4.79 Å². The fourth-order valence-corrected chi connectivity index (χ4v) is 4.90. The second kappa shape index (κ2) is 8.52. The Bertz CT molecular complexity index is 883. The molecule has 1 aliphatic heterocycles. The molecule has 2 heterocycles. The molecule has 0 bridgehead atoms. The Morgan fingerprint density at radius 3 is 2.52 bits per heavy atom. The Kier molecular flexibility index (Phi) is 6.32. The lowest BCUT2D eigenvalue weighted by molar-refractivity contribution is -0.112. The average Bonchev–Trinajstić information content (AvgIpc) is 3.06. The molecule has 1 atom stereocenters. The van der Waals surface area contributed by atoms with Gasteiger partial charge in [-0.05, 0) is 68.1 Å². The summed E-state index contributed by atoms with van der Waals surface area (Å²) in [5.74, 6) is -0.424. The Morgan fingerprint density at radius 1 is 1.22 bits per heavy atom. The quantitative estimate of drug-likeness (QED) is 0.520. The van der Waals surface area contributed by atoms with Gasteiger partial charge in [0, 0.05) is 26.2 Å². The van der Waals surface area contributed by atoms with E-state index >= 15 is 0 Å². The highest BCUT2D eigenvalue weighted by molar-refractivity contribution is 7.18. The number of amides is 1. The van der Waals surface area contributed by atoms with E-state index in [1.54, 1.807) is 18.2 Å². The molecule has 142 valence electrons. The van der Waals surface area contributed by atoms with E-state index in [9.17, 15) is 4.79 Å². The maximum absolute atomic E-state index is 11.6. The van der Waals surface area contributed by atoms with Crippen molar-refractivity contribution in [3.8, 4) is 10.4 Å². The summed E-state index contributed by atoms with van der Waals surface area (Å²) < 4.78 is 0. The molecule has 1 aromatic heterocycles. The van der Waals surface area contributed by atoms with Crippen molar-refractivity contribution in [1.29, 1.82) is 10.8 Å². The number of carbonyl (C=O) groups excluding carboxylic acids is 1. The van der Waals surface area contributed by atoms with E-state index in [-0.39, 0.29) is 5.71 Å². The number of halogens is 2. The Morgan fingerprint density at radius 2 is 1.93 bits per heavy atom. The van der Waals surface area contributed by atoms with Crippen LogP contribution in [0.3, 0.4) is 0 Å². The summed E-state index contributed by atoms with van der Waals surface area (Å²) in [4.78, 5) is 12.8. The highest BCUT2D eigenvalue weighted by Gasteiger charge is 2.23. The number of piperidine rings is 1. The lowest BCUT2D eigenvalue weighted by Gasteiger charge is -2.22. The molecule has 0 radical (unpaired) electrons. The molecule has 0 spiro atoms. The number of rotatable bonds is 6. The minimum Gasteiger partial charge on any atom is -0.364 e. The Hall–Kier alpha value is -1.73. The third-order valence-corrected chi connectivity index (χ3v) is 6.21. The summed E-state index contributed by atoms with van der Waals surface area (Å²) in [5, 5.41) is 21.0. The van der Waals surface area contributed by atoms with Crippen LogP contribution in [0, 0.1) is 16.7 Å². The lowest BCUT2D eigenvalue weighted by atomic mass is 9.91. The van der Waals surface area contributed by atoms with Gasteiger partial charge in [0.25, 0.3) is 5.91 Å². The molecule has 5 nitrogen and oxygen atoms in total. The van der Waals surface area contributed by atoms with Crippen LogP contribution in [0.1, 0.15) is 29.7 Å². The molecular formula is C19H20Cl2N4OS. The van der Waals surface area contributed by atoms with Crippen molar-refractivity contribution >= 4 is 51.9 Å². The molecule has 8 heteroatoms. The molecule has 0 aliphatic carbocycles. The largest absolute Gasteiger partial charge is 0.364 e. The van der Waals surface area contributed by atoms with Gasteiger partial charge in [-0.3, -0.25) is 10.2 Å². The van der Waals surface area contributed by atoms with Crippen LogP contribution in [0.25, 0.3) is 10.4 Å². The zero-order valence-electron chi connectivity index (χ0n) is 14.6. The predicted octanol–water partition coefficient (Wildman–Crippen LogP) is 4.33. The molecule has 5 N–H and O–H groups in total. The summed E-state index contributed by atoms with van der Waals surface area (Å²) in [7, 11) is 0. The van der Waals surface area contributed by atoms with E-state index in [4.69, 9.17) is 39.8 Å². The van der Waals surface area contributed by atoms with Crippen molar-refractivity contribution in [3.05, 3.63) is 44.8 Å². The highest BCUT2D eigenvalue weighted by atomic mass is 35.5. The molecular weight excluding hydrogens is 403 g/mol. The van der Waals surface area contributed by atoms with Crippen molar-refractivity contribution in [2.45, 2.75) is 19.3 Å². The zero-order valence-corrected chi connectivity index (χ0v) is 16.9. The number of nitrogens with one attached hydrogen (secondary N) is 3.